The third-order valence-corrected chi connectivity index (χ3v) is 8.30. The van der Waals surface area contributed by atoms with E-state index in [1.807, 2.05) is 37.3 Å². The van der Waals surface area contributed by atoms with Gasteiger partial charge in [-0.05, 0) is 88.2 Å². The molecule has 32 heavy (non-hydrogen) atoms. The van der Waals surface area contributed by atoms with Crippen LogP contribution >= 0.6 is 0 Å². The average Bonchev–Trinajstić information content (AvgIpc) is 3.27. The summed E-state index contributed by atoms with van der Waals surface area (Å²) >= 11 is 0. The predicted octanol–water partition coefficient (Wildman–Crippen LogP) is 3.79. The Labute approximate surface area is 190 Å². The van der Waals surface area contributed by atoms with E-state index < -0.39 is 12.0 Å². The van der Waals surface area contributed by atoms with Crippen LogP contribution in [0.15, 0.2) is 30.3 Å². The van der Waals surface area contributed by atoms with E-state index in [0.717, 1.165) is 31.4 Å². The van der Waals surface area contributed by atoms with Crippen LogP contribution in [-0.4, -0.2) is 48.4 Å². The summed E-state index contributed by atoms with van der Waals surface area (Å²) in [6.45, 7) is 2.73. The van der Waals surface area contributed by atoms with Crippen molar-refractivity contribution in [1.82, 2.24) is 4.90 Å². The fourth-order valence-corrected chi connectivity index (χ4v) is 7.35. The minimum atomic E-state index is -0.546. The van der Waals surface area contributed by atoms with E-state index >= 15 is 0 Å². The summed E-state index contributed by atoms with van der Waals surface area (Å²) in [5, 5.41) is 0. The number of benzene rings is 1. The molecule has 5 fully saturated rings. The van der Waals surface area contributed by atoms with E-state index in [1.165, 1.54) is 19.3 Å². The maximum absolute atomic E-state index is 13.7. The molecule has 6 heteroatoms. The van der Waals surface area contributed by atoms with Gasteiger partial charge in [0.15, 0.2) is 6.61 Å². The van der Waals surface area contributed by atoms with Crippen molar-refractivity contribution in [3.63, 3.8) is 0 Å². The van der Waals surface area contributed by atoms with Crippen molar-refractivity contribution in [1.29, 1.82) is 0 Å². The largest absolute Gasteiger partial charge is 0.454 e. The molecule has 1 heterocycles. The van der Waals surface area contributed by atoms with Gasteiger partial charge < -0.3 is 14.5 Å². The molecule has 5 aliphatic rings. The molecule has 1 saturated heterocycles. The van der Waals surface area contributed by atoms with Gasteiger partial charge in [-0.3, -0.25) is 9.59 Å². The van der Waals surface area contributed by atoms with Crippen LogP contribution in [0.3, 0.4) is 0 Å². The third kappa shape index (κ3) is 3.82. The van der Waals surface area contributed by atoms with Gasteiger partial charge in [0.25, 0.3) is 5.91 Å². The van der Waals surface area contributed by atoms with Crippen LogP contribution in [0, 0.1) is 23.2 Å². The highest BCUT2D eigenvalue weighted by atomic mass is 16.5. The predicted molar refractivity (Wildman–Crippen MR) is 121 cm³/mol. The molecule has 4 aliphatic carbocycles. The number of carbonyl (C=O) groups is 3. The highest BCUT2D eigenvalue weighted by Gasteiger charge is 2.57. The molecule has 0 aromatic heterocycles. The number of carbonyl (C=O) groups excluding carboxylic acids is 3. The lowest BCUT2D eigenvalue weighted by atomic mass is 9.49. The molecular formula is C26H34N2O4. The van der Waals surface area contributed by atoms with Crippen molar-refractivity contribution in [2.24, 2.45) is 23.2 Å². The zero-order chi connectivity index (χ0) is 22.3. The fraction of sp³-hybridized carbons (Fsp3) is 0.654. The van der Waals surface area contributed by atoms with Crippen LogP contribution in [0.4, 0.5) is 5.69 Å². The van der Waals surface area contributed by atoms with Gasteiger partial charge in [0.05, 0.1) is 5.41 Å². The van der Waals surface area contributed by atoms with Crippen LogP contribution in [0.2, 0.25) is 0 Å². The summed E-state index contributed by atoms with van der Waals surface area (Å²) in [6.07, 6.45) is 8.30. The third-order valence-electron chi connectivity index (χ3n) is 8.30. The van der Waals surface area contributed by atoms with E-state index in [4.69, 9.17) is 4.74 Å². The number of anilines is 1. The molecule has 6 rings (SSSR count). The van der Waals surface area contributed by atoms with Crippen molar-refractivity contribution in [2.45, 2.75) is 64.3 Å². The molecule has 4 saturated carbocycles. The Morgan fingerprint density at radius 1 is 1.03 bits per heavy atom. The molecule has 6 nitrogen and oxygen atoms in total. The van der Waals surface area contributed by atoms with Gasteiger partial charge in [0.1, 0.15) is 6.04 Å². The normalized spacial score (nSPS) is 32.7. The molecule has 0 radical (unpaired) electrons. The first-order valence-electron chi connectivity index (χ1n) is 12.3. The van der Waals surface area contributed by atoms with Crippen molar-refractivity contribution in [2.75, 3.05) is 24.6 Å². The minimum Gasteiger partial charge on any atom is -0.454 e. The maximum Gasteiger partial charge on any atom is 0.329 e. The lowest BCUT2D eigenvalue weighted by Gasteiger charge is -2.56. The molecule has 1 atom stereocenters. The summed E-state index contributed by atoms with van der Waals surface area (Å²) < 4.78 is 5.47. The number of esters is 1. The monoisotopic (exact) mass is 438 g/mol. The number of hydrogen-bond donors (Lipinski definition) is 0. The number of hydrogen-bond acceptors (Lipinski definition) is 4. The highest BCUT2D eigenvalue weighted by Crippen LogP contribution is 2.60. The summed E-state index contributed by atoms with van der Waals surface area (Å²) in [5.74, 6) is 1.57. The van der Waals surface area contributed by atoms with Gasteiger partial charge in [-0.2, -0.15) is 0 Å². The SMILES string of the molecule is CCN(C(=O)COC(=O)C1CCCN1C(=O)C12CC3CC(CC(C3)C1)C2)c1ccccc1. The molecule has 4 bridgehead atoms. The number of para-hydroxylation sites is 1. The molecule has 0 spiro atoms. The van der Waals surface area contributed by atoms with E-state index in [1.54, 1.807) is 9.80 Å². The van der Waals surface area contributed by atoms with Gasteiger partial charge in [-0.25, -0.2) is 4.79 Å². The van der Waals surface area contributed by atoms with Crippen molar-refractivity contribution in [3.05, 3.63) is 30.3 Å². The lowest BCUT2D eigenvalue weighted by molar-refractivity contribution is -0.166. The Morgan fingerprint density at radius 3 is 2.25 bits per heavy atom. The highest BCUT2D eigenvalue weighted by molar-refractivity contribution is 5.96. The van der Waals surface area contributed by atoms with E-state index in [0.29, 0.717) is 37.3 Å². The van der Waals surface area contributed by atoms with E-state index in [9.17, 15) is 14.4 Å². The molecule has 1 aromatic carbocycles. The van der Waals surface area contributed by atoms with Crippen LogP contribution in [-0.2, 0) is 19.1 Å². The fourth-order valence-electron chi connectivity index (χ4n) is 7.35. The second kappa shape index (κ2) is 8.53. The maximum atomic E-state index is 13.7. The van der Waals surface area contributed by atoms with E-state index in [-0.39, 0.29) is 23.8 Å². The van der Waals surface area contributed by atoms with Gasteiger partial charge in [-0.1, -0.05) is 18.2 Å². The number of ether oxygens (including phenoxy) is 1. The molecule has 1 aromatic rings. The Bertz CT molecular complexity index is 848. The van der Waals surface area contributed by atoms with Gasteiger partial charge in [0.2, 0.25) is 5.91 Å². The first-order chi connectivity index (χ1) is 15.5. The number of amides is 2. The van der Waals surface area contributed by atoms with Gasteiger partial charge >= 0.3 is 5.97 Å². The molecule has 0 N–H and O–H groups in total. The quantitative estimate of drug-likeness (QED) is 0.634. The molecule has 2 amide bonds. The number of rotatable bonds is 6. The van der Waals surface area contributed by atoms with Crippen molar-refractivity contribution >= 4 is 23.5 Å². The number of likely N-dealkylation sites (tertiary alicyclic amines) is 1. The summed E-state index contributed by atoms with van der Waals surface area (Å²) in [7, 11) is 0. The van der Waals surface area contributed by atoms with Gasteiger partial charge in [-0.15, -0.1) is 0 Å². The van der Waals surface area contributed by atoms with Crippen molar-refractivity contribution in [3.8, 4) is 0 Å². The van der Waals surface area contributed by atoms with Crippen molar-refractivity contribution < 1.29 is 19.1 Å². The Kier molecular flexibility index (Phi) is 5.72. The number of likely N-dealkylation sites (N-methyl/N-ethyl adjacent to an activating group) is 1. The smallest absolute Gasteiger partial charge is 0.329 e. The molecular weight excluding hydrogens is 404 g/mol. The Balaban J connectivity index is 1.22. The molecule has 172 valence electrons. The summed E-state index contributed by atoms with van der Waals surface area (Å²) in [6, 6.07) is 8.85. The average molecular weight is 439 g/mol. The molecule has 1 aliphatic heterocycles. The second-order valence-corrected chi connectivity index (χ2v) is 10.4. The Hall–Kier alpha value is -2.37. The zero-order valence-corrected chi connectivity index (χ0v) is 19.0. The number of nitrogens with zero attached hydrogens (tertiary/aromatic N) is 2. The van der Waals surface area contributed by atoms with Crippen LogP contribution in [0.1, 0.15) is 58.3 Å². The first kappa shape index (κ1) is 21.5. The first-order valence-corrected chi connectivity index (χ1v) is 12.3. The minimum absolute atomic E-state index is 0.182. The summed E-state index contributed by atoms with van der Waals surface area (Å²) in [4.78, 5) is 42.8. The topological polar surface area (TPSA) is 66.9 Å². The van der Waals surface area contributed by atoms with Crippen LogP contribution < -0.4 is 4.90 Å². The zero-order valence-electron chi connectivity index (χ0n) is 19.0. The molecule has 1 unspecified atom stereocenters. The Morgan fingerprint density at radius 2 is 1.66 bits per heavy atom. The standard InChI is InChI=1S/C26H34N2O4/c1-2-27(21-7-4-3-5-8-21)23(29)17-32-24(30)22-9-6-10-28(22)25(31)26-14-18-11-19(15-26)13-20(12-18)16-26/h3-5,7-8,18-20,22H,2,6,9-17H2,1H3. The van der Waals surface area contributed by atoms with Gasteiger partial charge in [0, 0.05) is 18.8 Å². The van der Waals surface area contributed by atoms with E-state index in [2.05, 4.69) is 0 Å². The second-order valence-electron chi connectivity index (χ2n) is 10.4. The van der Waals surface area contributed by atoms with Crippen LogP contribution in [0.25, 0.3) is 0 Å². The lowest BCUT2D eigenvalue weighted by Crippen LogP contribution is -2.56. The summed E-state index contributed by atoms with van der Waals surface area (Å²) in [5.41, 5.74) is 0.537. The van der Waals surface area contributed by atoms with Crippen LogP contribution in [0.5, 0.6) is 0 Å².